The highest BCUT2D eigenvalue weighted by molar-refractivity contribution is 5.87. The fourth-order valence-corrected chi connectivity index (χ4v) is 1.47. The lowest BCUT2D eigenvalue weighted by Gasteiger charge is -2.29. The maximum Gasteiger partial charge on any atom is 0.164 e. The van der Waals surface area contributed by atoms with Gasteiger partial charge >= 0.3 is 0 Å². The summed E-state index contributed by atoms with van der Waals surface area (Å²) in [5.74, 6) is 0.0327. The summed E-state index contributed by atoms with van der Waals surface area (Å²) in [5.41, 5.74) is -0.831. The number of rotatable bonds is 7. The number of hydrogen-bond acceptors (Lipinski definition) is 3. The summed E-state index contributed by atoms with van der Waals surface area (Å²) >= 11 is 0. The van der Waals surface area contributed by atoms with Crippen molar-refractivity contribution in [3.8, 4) is 0 Å². The van der Waals surface area contributed by atoms with E-state index in [0.29, 0.717) is 6.42 Å². The van der Waals surface area contributed by atoms with Gasteiger partial charge in [0.15, 0.2) is 11.6 Å². The molecule has 0 aromatic heterocycles. The molecule has 0 radical (unpaired) electrons. The zero-order valence-corrected chi connectivity index (χ0v) is 11.3. The van der Waals surface area contributed by atoms with E-state index in [0.717, 1.165) is 6.42 Å². The van der Waals surface area contributed by atoms with E-state index in [1.807, 2.05) is 20.8 Å². The SMILES string of the molecule is CCC(C)C(=O)C(C)OC(C)(CC)C(C)=O. The average Bonchev–Trinajstić information content (AvgIpc) is 2.26. The summed E-state index contributed by atoms with van der Waals surface area (Å²) in [5, 5.41) is 0. The maximum absolute atomic E-state index is 11.9. The third-order valence-electron chi connectivity index (χ3n) is 3.36. The first kappa shape index (κ1) is 15.3. The first-order valence-electron chi connectivity index (χ1n) is 6.01. The van der Waals surface area contributed by atoms with Crippen molar-refractivity contribution in [1.29, 1.82) is 0 Å². The highest BCUT2D eigenvalue weighted by Gasteiger charge is 2.33. The molecule has 0 saturated carbocycles. The van der Waals surface area contributed by atoms with Crippen molar-refractivity contribution < 1.29 is 14.3 Å². The first-order valence-corrected chi connectivity index (χ1v) is 6.01. The van der Waals surface area contributed by atoms with Crippen molar-refractivity contribution in [2.75, 3.05) is 0 Å². The van der Waals surface area contributed by atoms with Crippen molar-refractivity contribution >= 4 is 11.6 Å². The molecule has 0 amide bonds. The Bertz CT molecular complexity index is 260. The summed E-state index contributed by atoms with van der Waals surface area (Å²) < 4.78 is 5.63. The molecule has 3 atom stereocenters. The van der Waals surface area contributed by atoms with Crippen molar-refractivity contribution in [2.24, 2.45) is 5.92 Å². The first-order chi connectivity index (χ1) is 7.28. The molecular weight excluding hydrogens is 204 g/mol. The number of ether oxygens (including phenoxy) is 1. The molecule has 3 heteroatoms. The summed E-state index contributed by atoms with van der Waals surface area (Å²) in [6, 6.07) is 0. The summed E-state index contributed by atoms with van der Waals surface area (Å²) in [7, 11) is 0. The molecule has 0 aliphatic rings. The van der Waals surface area contributed by atoms with Gasteiger partial charge in [-0.3, -0.25) is 9.59 Å². The Morgan fingerprint density at radius 1 is 1.25 bits per heavy atom. The van der Waals surface area contributed by atoms with Crippen LogP contribution >= 0.6 is 0 Å². The molecule has 0 bridgehead atoms. The molecule has 0 aliphatic carbocycles. The van der Waals surface area contributed by atoms with Gasteiger partial charge in [0.2, 0.25) is 0 Å². The third-order valence-corrected chi connectivity index (χ3v) is 3.36. The van der Waals surface area contributed by atoms with E-state index in [1.165, 1.54) is 6.92 Å². The number of ketones is 2. The van der Waals surface area contributed by atoms with Gasteiger partial charge in [-0.15, -0.1) is 0 Å². The summed E-state index contributed by atoms with van der Waals surface area (Å²) in [4.78, 5) is 23.3. The van der Waals surface area contributed by atoms with Crippen LogP contribution in [-0.4, -0.2) is 23.3 Å². The summed E-state index contributed by atoms with van der Waals surface area (Å²) in [6.07, 6.45) is 0.874. The van der Waals surface area contributed by atoms with Crippen LogP contribution in [0.4, 0.5) is 0 Å². The molecule has 0 heterocycles. The van der Waals surface area contributed by atoms with Crippen molar-refractivity contribution in [3.63, 3.8) is 0 Å². The Morgan fingerprint density at radius 3 is 2.06 bits per heavy atom. The second-order valence-electron chi connectivity index (χ2n) is 4.61. The predicted molar refractivity (Wildman–Crippen MR) is 64.4 cm³/mol. The van der Waals surface area contributed by atoms with Crippen LogP contribution in [0.1, 0.15) is 54.4 Å². The minimum atomic E-state index is -0.831. The fraction of sp³-hybridized carbons (Fsp3) is 0.846. The zero-order chi connectivity index (χ0) is 12.9. The highest BCUT2D eigenvalue weighted by Crippen LogP contribution is 2.21. The minimum absolute atomic E-state index is 0.0111. The lowest BCUT2D eigenvalue weighted by atomic mass is 9.96. The van der Waals surface area contributed by atoms with Crippen molar-refractivity contribution in [2.45, 2.75) is 66.1 Å². The van der Waals surface area contributed by atoms with Gasteiger partial charge in [0.25, 0.3) is 0 Å². The Balaban J connectivity index is 4.59. The van der Waals surface area contributed by atoms with Crippen molar-refractivity contribution in [3.05, 3.63) is 0 Å². The van der Waals surface area contributed by atoms with Crippen LogP contribution in [0.2, 0.25) is 0 Å². The monoisotopic (exact) mass is 228 g/mol. The molecule has 3 nitrogen and oxygen atoms in total. The summed E-state index contributed by atoms with van der Waals surface area (Å²) in [6.45, 7) is 10.7. The standard InChI is InChI=1S/C13H24O3/c1-7-9(3)12(15)10(4)16-13(6,8-2)11(5)14/h9-10H,7-8H2,1-6H3. The van der Waals surface area contributed by atoms with Crippen LogP contribution in [0.15, 0.2) is 0 Å². The Kier molecular flexibility index (Phi) is 5.87. The van der Waals surface area contributed by atoms with E-state index in [-0.39, 0.29) is 17.5 Å². The molecule has 0 aliphatic heterocycles. The largest absolute Gasteiger partial charge is 0.357 e. The Labute approximate surface area is 98.6 Å². The molecule has 0 spiro atoms. The lowest BCUT2D eigenvalue weighted by Crippen LogP contribution is -2.42. The smallest absolute Gasteiger partial charge is 0.164 e. The Hall–Kier alpha value is -0.700. The van der Waals surface area contributed by atoms with Gasteiger partial charge in [-0.1, -0.05) is 20.8 Å². The zero-order valence-electron chi connectivity index (χ0n) is 11.3. The molecule has 0 aromatic carbocycles. The second kappa shape index (κ2) is 6.14. The molecule has 0 aromatic rings. The molecule has 0 fully saturated rings. The van der Waals surface area contributed by atoms with Gasteiger partial charge in [-0.25, -0.2) is 0 Å². The molecule has 16 heavy (non-hydrogen) atoms. The maximum atomic E-state index is 11.9. The van der Waals surface area contributed by atoms with Crippen LogP contribution in [0, 0.1) is 5.92 Å². The van der Waals surface area contributed by atoms with Crippen LogP contribution in [0.5, 0.6) is 0 Å². The third kappa shape index (κ3) is 3.71. The normalized spacial score (nSPS) is 18.6. The minimum Gasteiger partial charge on any atom is -0.357 e. The number of hydrogen-bond donors (Lipinski definition) is 0. The van der Waals surface area contributed by atoms with E-state index in [1.54, 1.807) is 13.8 Å². The van der Waals surface area contributed by atoms with Crippen LogP contribution in [-0.2, 0) is 14.3 Å². The van der Waals surface area contributed by atoms with E-state index < -0.39 is 11.7 Å². The fourth-order valence-electron chi connectivity index (χ4n) is 1.47. The molecule has 94 valence electrons. The van der Waals surface area contributed by atoms with Gasteiger partial charge in [-0.05, 0) is 33.6 Å². The molecule has 3 unspecified atom stereocenters. The quantitative estimate of drug-likeness (QED) is 0.673. The van der Waals surface area contributed by atoms with E-state index >= 15 is 0 Å². The van der Waals surface area contributed by atoms with E-state index in [2.05, 4.69) is 0 Å². The predicted octanol–water partition coefficient (Wildman–Crippen LogP) is 2.76. The van der Waals surface area contributed by atoms with Gasteiger partial charge < -0.3 is 4.74 Å². The van der Waals surface area contributed by atoms with Gasteiger partial charge in [0, 0.05) is 5.92 Å². The molecule has 0 rings (SSSR count). The van der Waals surface area contributed by atoms with Gasteiger partial charge in [0.05, 0.1) is 0 Å². The van der Waals surface area contributed by atoms with Gasteiger partial charge in [-0.2, -0.15) is 0 Å². The Morgan fingerprint density at radius 2 is 1.75 bits per heavy atom. The molecule has 0 saturated heterocycles. The number of carbonyl (C=O) groups is 2. The number of carbonyl (C=O) groups excluding carboxylic acids is 2. The average molecular weight is 228 g/mol. The van der Waals surface area contributed by atoms with Gasteiger partial charge in [0.1, 0.15) is 11.7 Å². The van der Waals surface area contributed by atoms with Crippen LogP contribution in [0.3, 0.4) is 0 Å². The second-order valence-corrected chi connectivity index (χ2v) is 4.61. The lowest BCUT2D eigenvalue weighted by molar-refractivity contribution is -0.156. The molecular formula is C13H24O3. The number of Topliss-reactive ketones (excluding diaryl/α,β-unsaturated/α-hetero) is 2. The molecule has 0 N–H and O–H groups in total. The van der Waals surface area contributed by atoms with Crippen molar-refractivity contribution in [1.82, 2.24) is 0 Å². The topological polar surface area (TPSA) is 43.4 Å². The van der Waals surface area contributed by atoms with E-state index in [9.17, 15) is 9.59 Å². The van der Waals surface area contributed by atoms with Crippen LogP contribution in [0.25, 0.3) is 0 Å². The highest BCUT2D eigenvalue weighted by atomic mass is 16.5. The van der Waals surface area contributed by atoms with Crippen LogP contribution < -0.4 is 0 Å². The van der Waals surface area contributed by atoms with E-state index in [4.69, 9.17) is 4.74 Å².